The van der Waals surface area contributed by atoms with Gasteiger partial charge in [-0.15, -0.1) is 24.0 Å². The highest BCUT2D eigenvalue weighted by atomic mass is 127. The summed E-state index contributed by atoms with van der Waals surface area (Å²) in [6, 6.07) is 10.3. The third-order valence-electron chi connectivity index (χ3n) is 5.47. The van der Waals surface area contributed by atoms with Crippen LogP contribution < -0.4 is 20.3 Å². The highest BCUT2D eigenvalue weighted by Gasteiger charge is 2.18. The highest BCUT2D eigenvalue weighted by molar-refractivity contribution is 14.0. The molecule has 1 aromatic carbocycles. The predicted octanol–water partition coefficient (Wildman–Crippen LogP) is 3.18. The van der Waals surface area contributed by atoms with Crippen LogP contribution in [0.4, 0.5) is 5.95 Å². The number of ether oxygens (including phenoxy) is 1. The van der Waals surface area contributed by atoms with Crippen LogP contribution in [0.25, 0.3) is 0 Å². The lowest BCUT2D eigenvalue weighted by atomic mass is 10.1. The summed E-state index contributed by atoms with van der Waals surface area (Å²) in [4.78, 5) is 17.8. The summed E-state index contributed by atoms with van der Waals surface area (Å²) in [7, 11) is 1.81. The molecule has 0 radical (unpaired) electrons. The second-order valence-electron chi connectivity index (χ2n) is 8.52. The van der Waals surface area contributed by atoms with Crippen LogP contribution in [-0.4, -0.2) is 73.8 Å². The lowest BCUT2D eigenvalue weighted by Crippen LogP contribution is -2.49. The first-order chi connectivity index (χ1) is 15.5. The maximum atomic E-state index is 5.78. The monoisotopic (exact) mass is 567 g/mol. The number of nitrogens with zero attached hydrogens (tertiary/aromatic N) is 5. The zero-order chi connectivity index (χ0) is 22.8. The van der Waals surface area contributed by atoms with Crippen LogP contribution in [0.3, 0.4) is 0 Å². The Morgan fingerprint density at radius 3 is 2.33 bits per heavy atom. The van der Waals surface area contributed by atoms with Crippen LogP contribution in [0.1, 0.15) is 32.4 Å². The van der Waals surface area contributed by atoms with E-state index in [0.717, 1.165) is 63.5 Å². The van der Waals surface area contributed by atoms with E-state index in [1.165, 1.54) is 5.56 Å². The van der Waals surface area contributed by atoms with Gasteiger partial charge in [-0.2, -0.15) is 0 Å². The predicted molar refractivity (Wildman–Crippen MR) is 146 cm³/mol. The van der Waals surface area contributed by atoms with Gasteiger partial charge in [0.25, 0.3) is 0 Å². The van der Waals surface area contributed by atoms with Crippen molar-refractivity contribution in [3.63, 3.8) is 0 Å². The van der Waals surface area contributed by atoms with Crippen molar-refractivity contribution in [2.45, 2.75) is 26.8 Å². The van der Waals surface area contributed by atoms with E-state index in [0.29, 0.717) is 5.92 Å². The van der Waals surface area contributed by atoms with Crippen LogP contribution in [-0.2, 0) is 0 Å². The second-order valence-corrected chi connectivity index (χ2v) is 8.52. The summed E-state index contributed by atoms with van der Waals surface area (Å²) in [5.74, 6) is 3.07. The molecule has 0 saturated carbocycles. The number of hydrogen-bond acceptors (Lipinski definition) is 6. The van der Waals surface area contributed by atoms with Gasteiger partial charge in [-0.05, 0) is 36.6 Å². The fourth-order valence-corrected chi connectivity index (χ4v) is 3.56. The first kappa shape index (κ1) is 27.1. The normalized spacial score (nSPS) is 15.7. The first-order valence-electron chi connectivity index (χ1n) is 11.5. The summed E-state index contributed by atoms with van der Waals surface area (Å²) in [6.45, 7) is 12.9. The number of nitrogens with one attached hydrogen (secondary N) is 2. The van der Waals surface area contributed by atoms with Gasteiger partial charge in [-0.25, -0.2) is 9.97 Å². The van der Waals surface area contributed by atoms with E-state index < -0.39 is 0 Å². The molecule has 9 heteroatoms. The molecule has 1 fully saturated rings. The molecular formula is C24H38IN7O. The van der Waals surface area contributed by atoms with Gasteiger partial charge in [0.15, 0.2) is 5.96 Å². The Bertz CT molecular complexity index is 824. The number of anilines is 1. The number of aliphatic imine (C=N–C) groups is 1. The molecule has 2 N–H and O–H groups in total. The van der Waals surface area contributed by atoms with E-state index in [2.05, 4.69) is 68.3 Å². The summed E-state index contributed by atoms with van der Waals surface area (Å²) < 4.78 is 5.78. The number of halogens is 1. The minimum atomic E-state index is 0. The molecule has 1 atom stereocenters. The highest BCUT2D eigenvalue weighted by Crippen LogP contribution is 2.18. The largest absolute Gasteiger partial charge is 0.493 e. The molecule has 33 heavy (non-hydrogen) atoms. The average molecular weight is 568 g/mol. The zero-order valence-electron chi connectivity index (χ0n) is 20.2. The van der Waals surface area contributed by atoms with E-state index in [4.69, 9.17) is 4.74 Å². The van der Waals surface area contributed by atoms with Crippen molar-refractivity contribution in [2.75, 3.05) is 57.8 Å². The molecule has 1 unspecified atom stereocenters. The quantitative estimate of drug-likeness (QED) is 0.274. The third kappa shape index (κ3) is 8.96. The third-order valence-corrected chi connectivity index (χ3v) is 5.47. The van der Waals surface area contributed by atoms with Crippen LogP contribution in [0, 0.1) is 5.92 Å². The van der Waals surface area contributed by atoms with Crippen LogP contribution in [0.15, 0.2) is 47.7 Å². The summed E-state index contributed by atoms with van der Waals surface area (Å²) in [6.07, 6.45) is 3.60. The van der Waals surface area contributed by atoms with Crippen molar-refractivity contribution in [1.29, 1.82) is 0 Å². The van der Waals surface area contributed by atoms with E-state index in [1.54, 1.807) is 12.4 Å². The Labute approximate surface area is 215 Å². The maximum Gasteiger partial charge on any atom is 0.225 e. The molecular weight excluding hydrogens is 529 g/mol. The fraction of sp³-hybridized carbons (Fsp3) is 0.542. The molecule has 1 aromatic heterocycles. The zero-order valence-corrected chi connectivity index (χ0v) is 22.5. The second kappa shape index (κ2) is 14.2. The van der Waals surface area contributed by atoms with Crippen molar-refractivity contribution in [3.05, 3.63) is 48.3 Å². The molecule has 182 valence electrons. The standard InChI is InChI=1S/C24H37N7O.HI/c1-19(2)18-32-22-8-6-21(7-9-22)20(3)29-23(25-4)26-12-13-30-14-16-31(17-15-30)24-27-10-5-11-28-24;/h5-11,19-20H,12-18H2,1-4H3,(H2,25,26,29);1H. The van der Waals surface area contributed by atoms with Crippen molar-refractivity contribution in [1.82, 2.24) is 25.5 Å². The Balaban J connectivity index is 0.00000385. The van der Waals surface area contributed by atoms with Crippen LogP contribution in [0.5, 0.6) is 5.75 Å². The van der Waals surface area contributed by atoms with E-state index in [9.17, 15) is 0 Å². The lowest BCUT2D eigenvalue weighted by Gasteiger charge is -2.34. The molecule has 2 aromatic rings. The topological polar surface area (TPSA) is 77.9 Å². The van der Waals surface area contributed by atoms with Gasteiger partial charge in [0.1, 0.15) is 5.75 Å². The van der Waals surface area contributed by atoms with Gasteiger partial charge >= 0.3 is 0 Å². The average Bonchev–Trinajstić information content (AvgIpc) is 2.83. The number of piperazine rings is 1. The van der Waals surface area contributed by atoms with Gasteiger partial charge in [-0.3, -0.25) is 9.89 Å². The van der Waals surface area contributed by atoms with Crippen LogP contribution >= 0.6 is 24.0 Å². The van der Waals surface area contributed by atoms with Gasteiger partial charge in [-0.1, -0.05) is 26.0 Å². The van der Waals surface area contributed by atoms with E-state index >= 15 is 0 Å². The van der Waals surface area contributed by atoms with Gasteiger partial charge in [0.05, 0.1) is 12.6 Å². The molecule has 0 amide bonds. The first-order valence-corrected chi connectivity index (χ1v) is 11.5. The van der Waals surface area contributed by atoms with E-state index in [1.807, 2.05) is 25.2 Å². The molecule has 2 heterocycles. The molecule has 8 nitrogen and oxygen atoms in total. The summed E-state index contributed by atoms with van der Waals surface area (Å²) >= 11 is 0. The Kier molecular flexibility index (Phi) is 11.7. The van der Waals surface area contributed by atoms with Crippen molar-refractivity contribution >= 4 is 35.9 Å². The molecule has 1 saturated heterocycles. The number of aromatic nitrogens is 2. The Morgan fingerprint density at radius 1 is 1.06 bits per heavy atom. The molecule has 0 bridgehead atoms. The van der Waals surface area contributed by atoms with Gasteiger partial charge in [0.2, 0.25) is 5.95 Å². The SMILES string of the molecule is CN=C(NCCN1CCN(c2ncccn2)CC1)NC(C)c1ccc(OCC(C)C)cc1.I. The minimum absolute atomic E-state index is 0. The maximum absolute atomic E-state index is 5.78. The molecule has 0 aliphatic carbocycles. The summed E-state index contributed by atoms with van der Waals surface area (Å²) in [5, 5.41) is 6.91. The van der Waals surface area contributed by atoms with Crippen molar-refractivity contribution in [3.8, 4) is 5.75 Å². The Hall–Kier alpha value is -2.14. The Morgan fingerprint density at radius 2 is 1.73 bits per heavy atom. The minimum Gasteiger partial charge on any atom is -0.493 e. The molecule has 1 aliphatic heterocycles. The van der Waals surface area contributed by atoms with Gasteiger partial charge in [0, 0.05) is 58.7 Å². The number of hydrogen-bond donors (Lipinski definition) is 2. The van der Waals surface area contributed by atoms with Crippen LogP contribution in [0.2, 0.25) is 0 Å². The molecule has 3 rings (SSSR count). The van der Waals surface area contributed by atoms with Crippen molar-refractivity contribution < 1.29 is 4.74 Å². The summed E-state index contributed by atoms with van der Waals surface area (Å²) in [5.41, 5.74) is 1.20. The van der Waals surface area contributed by atoms with E-state index in [-0.39, 0.29) is 30.0 Å². The van der Waals surface area contributed by atoms with Crippen molar-refractivity contribution in [2.24, 2.45) is 10.9 Å². The lowest BCUT2D eigenvalue weighted by molar-refractivity contribution is 0.260. The molecule has 0 spiro atoms. The number of guanidine groups is 1. The molecule has 1 aliphatic rings. The number of rotatable bonds is 9. The fourth-order valence-electron chi connectivity index (χ4n) is 3.56. The van der Waals surface area contributed by atoms with Gasteiger partial charge < -0.3 is 20.3 Å². The smallest absolute Gasteiger partial charge is 0.225 e. The number of benzene rings is 1.